The largest absolute Gasteiger partial charge is 0.416 e. The molecule has 2 nitrogen and oxygen atoms in total. The number of benzene rings is 1. The molecule has 2 rings (SSSR count). The topological polar surface area (TPSA) is 32.9 Å². The van der Waals surface area contributed by atoms with Crippen LogP contribution >= 0.6 is 0 Å². The average molecular weight is 257 g/mol. The van der Waals surface area contributed by atoms with Crippen molar-refractivity contribution in [3.63, 3.8) is 0 Å². The Bertz CT molecular complexity index is 599. The Kier molecular flexibility index (Phi) is 4.16. The van der Waals surface area contributed by atoms with Gasteiger partial charge in [-0.05, 0) is 25.1 Å². The van der Waals surface area contributed by atoms with E-state index in [9.17, 15) is 18.0 Å². The van der Waals surface area contributed by atoms with E-state index in [2.05, 4.69) is 4.98 Å². The maximum atomic E-state index is 12.4. The smallest absolute Gasteiger partial charge is 0.361 e. The van der Waals surface area contributed by atoms with Gasteiger partial charge in [0, 0.05) is 22.7 Å². The highest BCUT2D eigenvalue weighted by atomic mass is 19.4. The van der Waals surface area contributed by atoms with Crippen molar-refractivity contribution in [1.29, 1.82) is 0 Å². The molecule has 2 aromatic rings. The molecule has 0 saturated carbocycles. The van der Waals surface area contributed by atoms with Crippen LogP contribution in [-0.2, 0) is 6.18 Å². The zero-order chi connectivity index (χ0) is 13.9. The van der Waals surface area contributed by atoms with Crippen LogP contribution in [0.15, 0.2) is 29.2 Å². The van der Waals surface area contributed by atoms with Crippen molar-refractivity contribution in [3.8, 4) is 0 Å². The van der Waals surface area contributed by atoms with Gasteiger partial charge in [0.05, 0.1) is 5.56 Å². The van der Waals surface area contributed by atoms with Gasteiger partial charge in [0.25, 0.3) is 0 Å². The number of halogens is 3. The van der Waals surface area contributed by atoms with Gasteiger partial charge in [-0.25, -0.2) is 0 Å². The standard InChI is InChI=1S/C11H8F3NO.C2H6/c1-6-5-15-9-3-2-7(11(12,13)14)4-8(9)10(6)16;1-2/h2-5H,1H3,(H,15,16);1-2H3. The van der Waals surface area contributed by atoms with E-state index in [4.69, 9.17) is 0 Å². The van der Waals surface area contributed by atoms with Crippen LogP contribution in [0.25, 0.3) is 10.9 Å². The average Bonchev–Trinajstić information content (AvgIpc) is 2.35. The molecule has 1 aromatic heterocycles. The lowest BCUT2D eigenvalue weighted by Crippen LogP contribution is -2.10. The first-order valence-electron chi connectivity index (χ1n) is 5.59. The van der Waals surface area contributed by atoms with Crippen LogP contribution in [0.3, 0.4) is 0 Å². The summed E-state index contributed by atoms with van der Waals surface area (Å²) in [4.78, 5) is 14.4. The van der Waals surface area contributed by atoms with E-state index in [1.807, 2.05) is 13.8 Å². The summed E-state index contributed by atoms with van der Waals surface area (Å²) in [5, 5.41) is 0.0647. The van der Waals surface area contributed by atoms with E-state index in [1.165, 1.54) is 12.3 Å². The predicted molar refractivity (Wildman–Crippen MR) is 65.7 cm³/mol. The van der Waals surface area contributed by atoms with Crippen molar-refractivity contribution in [3.05, 3.63) is 45.7 Å². The lowest BCUT2D eigenvalue weighted by molar-refractivity contribution is -0.137. The minimum absolute atomic E-state index is 0.0647. The Labute approximate surface area is 102 Å². The molecule has 0 aliphatic heterocycles. The highest BCUT2D eigenvalue weighted by Gasteiger charge is 2.30. The van der Waals surface area contributed by atoms with Crippen LogP contribution < -0.4 is 5.43 Å². The number of hydrogen-bond acceptors (Lipinski definition) is 1. The monoisotopic (exact) mass is 257 g/mol. The molecule has 1 N–H and O–H groups in total. The summed E-state index contributed by atoms with van der Waals surface area (Å²) in [7, 11) is 0. The van der Waals surface area contributed by atoms with Gasteiger partial charge >= 0.3 is 6.18 Å². The lowest BCUT2D eigenvalue weighted by atomic mass is 10.1. The Morgan fingerprint density at radius 1 is 1.17 bits per heavy atom. The summed E-state index contributed by atoms with van der Waals surface area (Å²) in [6.07, 6.45) is -2.94. The number of aryl methyl sites for hydroxylation is 1. The summed E-state index contributed by atoms with van der Waals surface area (Å²) in [6, 6.07) is 3.09. The number of rotatable bonds is 0. The number of fused-ring (bicyclic) bond motifs is 1. The predicted octanol–water partition coefficient (Wildman–Crippen LogP) is 3.88. The molecule has 0 spiro atoms. The van der Waals surface area contributed by atoms with E-state index >= 15 is 0 Å². The molecule has 0 atom stereocenters. The van der Waals surface area contributed by atoms with E-state index in [-0.39, 0.29) is 10.8 Å². The van der Waals surface area contributed by atoms with Crippen molar-refractivity contribution < 1.29 is 13.2 Å². The molecule has 0 unspecified atom stereocenters. The minimum atomic E-state index is -4.43. The Morgan fingerprint density at radius 3 is 2.33 bits per heavy atom. The zero-order valence-corrected chi connectivity index (χ0v) is 10.4. The van der Waals surface area contributed by atoms with Crippen molar-refractivity contribution in [1.82, 2.24) is 4.98 Å². The normalized spacial score (nSPS) is 11.0. The van der Waals surface area contributed by atoms with Gasteiger partial charge in [-0.15, -0.1) is 0 Å². The number of aromatic nitrogens is 1. The zero-order valence-electron chi connectivity index (χ0n) is 10.4. The van der Waals surface area contributed by atoms with E-state index < -0.39 is 11.7 Å². The maximum absolute atomic E-state index is 12.4. The molecule has 0 radical (unpaired) electrons. The summed E-state index contributed by atoms with van der Waals surface area (Å²) < 4.78 is 37.3. The first-order valence-corrected chi connectivity index (χ1v) is 5.59. The van der Waals surface area contributed by atoms with Gasteiger partial charge in [0.15, 0.2) is 5.43 Å². The van der Waals surface area contributed by atoms with Crippen molar-refractivity contribution in [2.45, 2.75) is 26.9 Å². The molecule has 0 aliphatic rings. The van der Waals surface area contributed by atoms with Crippen molar-refractivity contribution in [2.24, 2.45) is 0 Å². The number of alkyl halides is 3. The first-order chi connectivity index (χ1) is 8.39. The van der Waals surface area contributed by atoms with Gasteiger partial charge in [0.1, 0.15) is 0 Å². The Morgan fingerprint density at radius 2 is 1.78 bits per heavy atom. The number of nitrogens with one attached hydrogen (secondary N) is 1. The number of hydrogen-bond donors (Lipinski definition) is 1. The fourth-order valence-corrected chi connectivity index (χ4v) is 1.50. The van der Waals surface area contributed by atoms with Crippen LogP contribution in [-0.4, -0.2) is 4.98 Å². The van der Waals surface area contributed by atoms with E-state index in [0.717, 1.165) is 12.1 Å². The quantitative estimate of drug-likeness (QED) is 0.763. The third-order valence-electron chi connectivity index (χ3n) is 2.39. The fourth-order valence-electron chi connectivity index (χ4n) is 1.50. The molecule has 0 fully saturated rings. The summed E-state index contributed by atoms with van der Waals surface area (Å²) in [5.41, 5.74) is -0.383. The summed E-state index contributed by atoms with van der Waals surface area (Å²) in [5.74, 6) is 0. The first kappa shape index (κ1) is 14.3. The van der Waals surface area contributed by atoms with Gasteiger partial charge in [0.2, 0.25) is 0 Å². The van der Waals surface area contributed by atoms with Crippen molar-refractivity contribution in [2.75, 3.05) is 0 Å². The third kappa shape index (κ3) is 2.72. The Hall–Kier alpha value is -1.78. The van der Waals surface area contributed by atoms with Gasteiger partial charge < -0.3 is 4.98 Å². The highest BCUT2D eigenvalue weighted by Crippen LogP contribution is 2.30. The molecule has 0 saturated heterocycles. The van der Waals surface area contributed by atoms with Gasteiger partial charge in [-0.3, -0.25) is 4.79 Å². The molecule has 0 amide bonds. The number of pyridine rings is 1. The Balaban J connectivity index is 0.000000771. The molecule has 1 heterocycles. The summed E-state index contributed by atoms with van der Waals surface area (Å²) in [6.45, 7) is 5.55. The van der Waals surface area contributed by atoms with Crippen LogP contribution in [0.5, 0.6) is 0 Å². The SMILES string of the molecule is CC.Cc1c[nH]c2ccc(C(F)(F)F)cc2c1=O. The molecule has 5 heteroatoms. The second kappa shape index (κ2) is 5.25. The molecular weight excluding hydrogens is 243 g/mol. The van der Waals surface area contributed by atoms with E-state index in [1.54, 1.807) is 6.92 Å². The molecule has 18 heavy (non-hydrogen) atoms. The molecular formula is C13H14F3NO. The lowest BCUT2D eigenvalue weighted by Gasteiger charge is -2.07. The number of aromatic amines is 1. The minimum Gasteiger partial charge on any atom is -0.361 e. The van der Waals surface area contributed by atoms with Crippen LogP contribution in [0.1, 0.15) is 25.0 Å². The molecule has 0 bridgehead atoms. The van der Waals surface area contributed by atoms with Crippen LogP contribution in [0.4, 0.5) is 13.2 Å². The van der Waals surface area contributed by atoms with Crippen LogP contribution in [0, 0.1) is 6.92 Å². The maximum Gasteiger partial charge on any atom is 0.416 e. The second-order valence-electron chi connectivity index (χ2n) is 3.56. The highest BCUT2D eigenvalue weighted by molar-refractivity contribution is 5.79. The third-order valence-corrected chi connectivity index (χ3v) is 2.39. The van der Waals surface area contributed by atoms with Gasteiger partial charge in [-0.2, -0.15) is 13.2 Å². The fraction of sp³-hybridized carbons (Fsp3) is 0.308. The second-order valence-corrected chi connectivity index (χ2v) is 3.56. The number of H-pyrrole nitrogens is 1. The molecule has 0 aliphatic carbocycles. The molecule has 98 valence electrons. The molecule has 1 aromatic carbocycles. The van der Waals surface area contributed by atoms with Gasteiger partial charge in [-0.1, -0.05) is 13.8 Å². The summed E-state index contributed by atoms with van der Waals surface area (Å²) >= 11 is 0. The van der Waals surface area contributed by atoms with E-state index in [0.29, 0.717) is 11.1 Å². The van der Waals surface area contributed by atoms with Crippen LogP contribution in [0.2, 0.25) is 0 Å². The van der Waals surface area contributed by atoms with Crippen molar-refractivity contribution >= 4 is 10.9 Å².